The highest BCUT2D eigenvalue weighted by Crippen LogP contribution is 2.30. The molecule has 6 heterocycles. The summed E-state index contributed by atoms with van der Waals surface area (Å²) in [5.74, 6) is 0.346. The van der Waals surface area contributed by atoms with E-state index in [2.05, 4.69) is 246 Å². The quantitative estimate of drug-likeness (QED) is 0.162. The van der Waals surface area contributed by atoms with Crippen LogP contribution in [0.2, 0.25) is 0 Å². The summed E-state index contributed by atoms with van der Waals surface area (Å²) in [6, 6.07) is 77.2. The van der Waals surface area contributed by atoms with Crippen molar-refractivity contribution in [1.29, 1.82) is 0 Å². The van der Waals surface area contributed by atoms with Crippen LogP contribution in [-0.4, -0.2) is 9.79 Å². The number of aromatic nitrogens is 6. The number of aryl methyl sites for hydroxylation is 8. The molecule has 86 heavy (non-hydrogen) atoms. The number of aliphatic hydroxyl groups is 1. The fraction of sp³-hybridized carbons (Fsp3) is 0.145. The van der Waals surface area contributed by atoms with E-state index in [1.54, 1.807) is 6.92 Å². The number of nitrogens with zero attached hydrogens (tertiary/aromatic N) is 6. The summed E-state index contributed by atoms with van der Waals surface area (Å²) >= 11 is 0. The van der Waals surface area contributed by atoms with E-state index in [-0.39, 0.29) is 6.61 Å². The Morgan fingerprint density at radius 1 is 0.430 bits per heavy atom. The van der Waals surface area contributed by atoms with Crippen LogP contribution in [0.15, 0.2) is 260 Å². The van der Waals surface area contributed by atoms with Crippen molar-refractivity contribution in [2.24, 2.45) is 35.2 Å². The van der Waals surface area contributed by atoms with Gasteiger partial charge in [0.25, 0.3) is 0 Å². The van der Waals surface area contributed by atoms with E-state index in [4.69, 9.17) is 9.52 Å². The maximum absolute atomic E-state index is 13.4. The predicted octanol–water partition coefficient (Wildman–Crippen LogP) is 14.9. The van der Waals surface area contributed by atoms with Crippen LogP contribution in [-0.2, 0) is 41.8 Å². The number of para-hydroxylation sites is 2. The average Bonchev–Trinajstić information content (AvgIpc) is 1.86. The van der Waals surface area contributed by atoms with Gasteiger partial charge in [0.2, 0.25) is 39.7 Å². The molecule has 0 amide bonds. The molecule has 10 heteroatoms. The first-order valence-corrected chi connectivity index (χ1v) is 28.8. The van der Waals surface area contributed by atoms with Gasteiger partial charge in [0.15, 0.2) is 25.6 Å². The van der Waals surface area contributed by atoms with Gasteiger partial charge in [-0.15, -0.1) is 9.36 Å². The number of benzene rings is 7. The molecule has 0 saturated heterocycles. The van der Waals surface area contributed by atoms with Gasteiger partial charge in [-0.25, -0.2) is 17.9 Å². The first-order valence-electron chi connectivity index (χ1n) is 28.8. The van der Waals surface area contributed by atoms with Crippen LogP contribution in [0.5, 0.6) is 0 Å². The van der Waals surface area contributed by atoms with Crippen molar-refractivity contribution >= 4 is 21.7 Å². The summed E-state index contributed by atoms with van der Waals surface area (Å²) in [6.07, 6.45) is 8.02. The van der Waals surface area contributed by atoms with E-state index in [0.717, 1.165) is 34.3 Å². The van der Waals surface area contributed by atoms with E-state index < -0.39 is 11.6 Å². The van der Waals surface area contributed by atoms with Gasteiger partial charge in [0.1, 0.15) is 57.9 Å². The van der Waals surface area contributed by atoms with Gasteiger partial charge in [-0.2, -0.15) is 9.13 Å². The summed E-state index contributed by atoms with van der Waals surface area (Å²) in [5.41, 5.74) is 17.7. The van der Waals surface area contributed by atoms with Crippen LogP contribution >= 0.6 is 0 Å². The molecule has 430 valence electrons. The SMILES string of the molecule is Cc1c(-c2cccc[n+]2C)ccc2ccccc12.Cc1c(F)cc(F)cc1-c1cccc[n+]1C.Cc1cc(CO)oc1-c1ccc2ccccc2[n+]1C.Cc1ccccc1-c1cccc(-c2ccccc2)[n+]1C.Cc1ccccc1-n1ccc[n+]1C. The lowest BCUT2D eigenvalue weighted by Crippen LogP contribution is -2.36. The molecular weight excluding hydrogens is 1070 g/mol. The number of aliphatic hydroxyl groups excluding tert-OH is 1. The van der Waals surface area contributed by atoms with Gasteiger partial charge >= 0.3 is 0 Å². The Kier molecular flexibility index (Phi) is 19.7. The van der Waals surface area contributed by atoms with Crippen molar-refractivity contribution in [2.45, 2.75) is 41.2 Å². The fourth-order valence-electron chi connectivity index (χ4n) is 10.8. The minimum Gasteiger partial charge on any atom is -0.452 e. The number of fused-ring (bicyclic) bond motifs is 2. The Bertz CT molecular complexity index is 4450. The van der Waals surface area contributed by atoms with Crippen LogP contribution in [0.4, 0.5) is 8.78 Å². The Hall–Kier alpha value is -10.0. The number of pyridine rings is 4. The lowest BCUT2D eigenvalue weighted by molar-refractivity contribution is -0.744. The van der Waals surface area contributed by atoms with Crippen LogP contribution in [0.25, 0.3) is 83.8 Å². The molecule has 0 aliphatic heterocycles. The number of hydrogen-bond acceptors (Lipinski definition) is 2. The smallest absolute Gasteiger partial charge is 0.248 e. The molecule has 0 aliphatic rings. The summed E-state index contributed by atoms with van der Waals surface area (Å²) in [5, 5.41) is 13.0. The Morgan fingerprint density at radius 3 is 1.69 bits per heavy atom. The lowest BCUT2D eigenvalue weighted by atomic mass is 9.98. The average molecular weight is 1140 g/mol. The Labute approximate surface area is 504 Å². The monoisotopic (exact) mass is 1140 g/mol. The summed E-state index contributed by atoms with van der Waals surface area (Å²) in [7, 11) is 10.1. The molecule has 13 aromatic rings. The van der Waals surface area contributed by atoms with Crippen LogP contribution in [0.3, 0.4) is 0 Å². The van der Waals surface area contributed by atoms with E-state index in [1.807, 2.05) is 87.5 Å². The fourth-order valence-corrected chi connectivity index (χ4v) is 10.8. The van der Waals surface area contributed by atoms with Gasteiger partial charge < -0.3 is 9.52 Å². The van der Waals surface area contributed by atoms with Gasteiger partial charge in [0.05, 0.1) is 11.8 Å². The minimum atomic E-state index is -0.554. The molecule has 0 spiro atoms. The number of halogens is 2. The molecule has 8 nitrogen and oxygen atoms in total. The molecule has 0 saturated carbocycles. The molecule has 0 fully saturated rings. The largest absolute Gasteiger partial charge is 0.452 e. The van der Waals surface area contributed by atoms with E-state index in [1.165, 1.54) is 78.4 Å². The Morgan fingerprint density at radius 2 is 1.02 bits per heavy atom. The highest BCUT2D eigenvalue weighted by molar-refractivity contribution is 5.90. The van der Waals surface area contributed by atoms with Crippen molar-refractivity contribution in [3.05, 3.63) is 301 Å². The molecule has 1 N–H and O–H groups in total. The minimum absolute atomic E-state index is 0.0713. The normalized spacial score (nSPS) is 10.7. The summed E-state index contributed by atoms with van der Waals surface area (Å²) < 4.78 is 44.8. The van der Waals surface area contributed by atoms with Gasteiger partial charge in [-0.05, 0) is 140 Å². The van der Waals surface area contributed by atoms with Crippen molar-refractivity contribution in [3.63, 3.8) is 0 Å². The second-order valence-corrected chi connectivity index (χ2v) is 21.4. The zero-order valence-corrected chi connectivity index (χ0v) is 50.8. The first-order chi connectivity index (χ1) is 41.6. The summed E-state index contributed by atoms with van der Waals surface area (Å²) in [6.45, 7) is 10.0. The second kappa shape index (κ2) is 28.0. The molecule has 0 bridgehead atoms. The number of furan rings is 1. The third-order valence-corrected chi connectivity index (χ3v) is 15.6. The van der Waals surface area contributed by atoms with Crippen LogP contribution in [0.1, 0.15) is 33.6 Å². The number of rotatable bonds is 7. The topological polar surface area (TPSA) is 57.7 Å². The molecule has 0 radical (unpaired) electrons. The van der Waals surface area contributed by atoms with Crippen molar-refractivity contribution in [3.8, 4) is 62.2 Å². The third kappa shape index (κ3) is 14.0. The van der Waals surface area contributed by atoms with Gasteiger partial charge in [-0.3, -0.25) is 0 Å². The maximum Gasteiger partial charge on any atom is 0.248 e. The molecule has 13 rings (SSSR count). The van der Waals surface area contributed by atoms with Gasteiger partial charge in [-0.1, -0.05) is 97.1 Å². The Balaban J connectivity index is 0.000000129. The molecule has 0 atom stereocenters. The molecular formula is C76H75F2N6O2+5. The molecule has 0 unspecified atom stereocenters. The van der Waals surface area contributed by atoms with Crippen LogP contribution < -0.4 is 23.0 Å². The van der Waals surface area contributed by atoms with E-state index >= 15 is 0 Å². The highest BCUT2D eigenvalue weighted by Gasteiger charge is 2.21. The second-order valence-electron chi connectivity index (χ2n) is 21.4. The zero-order chi connectivity index (χ0) is 60.9. The lowest BCUT2D eigenvalue weighted by Gasteiger charge is -2.07. The predicted molar refractivity (Wildman–Crippen MR) is 341 cm³/mol. The highest BCUT2D eigenvalue weighted by atomic mass is 19.1. The number of hydrogen-bond donors (Lipinski definition) is 1. The van der Waals surface area contributed by atoms with Crippen molar-refractivity contribution in [1.82, 2.24) is 4.68 Å². The van der Waals surface area contributed by atoms with Crippen LogP contribution in [0, 0.1) is 46.3 Å². The van der Waals surface area contributed by atoms with Gasteiger partial charge in [0, 0.05) is 88.3 Å². The molecule has 6 aromatic heterocycles. The van der Waals surface area contributed by atoms with E-state index in [9.17, 15) is 8.78 Å². The van der Waals surface area contributed by atoms with Crippen molar-refractivity contribution in [2.75, 3.05) is 0 Å². The molecule has 7 aromatic carbocycles. The maximum atomic E-state index is 13.4. The standard InChI is InChI=1S/C19H18N.C17H16N.C16H16NO2.C13H12F2N.C11H13N2/c1-15-9-6-7-12-17(15)19-14-8-13-18(20(19)2)16-10-4-3-5-11-16;1-13-15-8-4-3-7-14(15)10-11-16(13)17-9-5-6-12-18(17)2;1-11-9-13(10-18)19-16(11)15-8-7-12-5-3-4-6-14(12)17(15)2;1-9-11(7-10(14)8-12(9)15)13-5-3-4-6-16(13)2;1-10-6-3-4-7-11(10)13-9-5-8-12(13)2/h3-14H,1-2H3;3-12H,1-2H3;3-9,18H,10H2,1-2H3;3-8H,1-2H3;3-9H,1-2H3/q5*+1. The summed E-state index contributed by atoms with van der Waals surface area (Å²) in [4.78, 5) is 0. The molecule has 0 aliphatic carbocycles. The third-order valence-electron chi connectivity index (χ3n) is 15.6. The first kappa shape index (κ1) is 60.6. The van der Waals surface area contributed by atoms with E-state index in [0.29, 0.717) is 16.9 Å². The zero-order valence-electron chi connectivity index (χ0n) is 50.8. The van der Waals surface area contributed by atoms with Crippen molar-refractivity contribution < 1.29 is 41.3 Å².